The molecular formula is C11H24N+. The second-order valence-electron chi connectivity index (χ2n) is 4.86. The summed E-state index contributed by atoms with van der Waals surface area (Å²) in [6.07, 6.45) is 5.64. The van der Waals surface area contributed by atoms with Crippen molar-refractivity contribution in [3.63, 3.8) is 0 Å². The van der Waals surface area contributed by atoms with Crippen LogP contribution in [0.3, 0.4) is 0 Å². The number of hydrogen-bond acceptors (Lipinski definition) is 0. The van der Waals surface area contributed by atoms with Crippen LogP contribution in [0.1, 0.15) is 39.5 Å². The van der Waals surface area contributed by atoms with E-state index in [9.17, 15) is 0 Å². The van der Waals surface area contributed by atoms with Crippen molar-refractivity contribution < 1.29 is 4.48 Å². The zero-order chi connectivity index (χ0) is 9.19. The Kier molecular flexibility index (Phi) is 3.16. The zero-order valence-corrected chi connectivity index (χ0v) is 9.14. The predicted octanol–water partition coefficient (Wildman–Crippen LogP) is 2.66. The van der Waals surface area contributed by atoms with E-state index in [1.54, 1.807) is 0 Å². The van der Waals surface area contributed by atoms with Crippen molar-refractivity contribution >= 4 is 0 Å². The molecule has 1 heteroatoms. The summed E-state index contributed by atoms with van der Waals surface area (Å²) in [7, 11) is 4.78. The molecule has 0 spiro atoms. The minimum absolute atomic E-state index is 0.920. The number of piperidine rings is 1. The molecule has 2 atom stereocenters. The molecule has 0 amide bonds. The minimum Gasteiger partial charge on any atom is -0.326 e. The maximum Gasteiger partial charge on any atom is 0.0886 e. The highest BCUT2D eigenvalue weighted by Gasteiger charge is 2.33. The summed E-state index contributed by atoms with van der Waals surface area (Å²) in [5, 5.41) is 0. The SMILES string of the molecule is CCC1CC[N+](C)(C)C(CC)C1. The van der Waals surface area contributed by atoms with Gasteiger partial charge in [-0.25, -0.2) is 0 Å². The summed E-state index contributed by atoms with van der Waals surface area (Å²) < 4.78 is 1.26. The largest absolute Gasteiger partial charge is 0.326 e. The first-order valence-corrected chi connectivity index (χ1v) is 5.42. The smallest absolute Gasteiger partial charge is 0.0886 e. The van der Waals surface area contributed by atoms with Gasteiger partial charge in [-0.3, -0.25) is 0 Å². The van der Waals surface area contributed by atoms with Crippen molar-refractivity contribution in [2.75, 3.05) is 20.6 Å². The summed E-state index contributed by atoms with van der Waals surface area (Å²) in [4.78, 5) is 0. The van der Waals surface area contributed by atoms with Gasteiger partial charge in [0.2, 0.25) is 0 Å². The van der Waals surface area contributed by atoms with Crippen LogP contribution in [0.2, 0.25) is 0 Å². The van der Waals surface area contributed by atoms with Crippen LogP contribution in [-0.4, -0.2) is 31.2 Å². The van der Waals surface area contributed by atoms with Crippen LogP contribution in [-0.2, 0) is 0 Å². The van der Waals surface area contributed by atoms with Crippen LogP contribution >= 0.6 is 0 Å². The van der Waals surface area contributed by atoms with E-state index in [2.05, 4.69) is 27.9 Å². The normalized spacial score (nSPS) is 35.0. The van der Waals surface area contributed by atoms with Crippen LogP contribution in [0, 0.1) is 5.92 Å². The monoisotopic (exact) mass is 170 g/mol. The fraction of sp³-hybridized carbons (Fsp3) is 1.00. The molecule has 1 saturated heterocycles. The van der Waals surface area contributed by atoms with E-state index < -0.39 is 0 Å². The van der Waals surface area contributed by atoms with Gasteiger partial charge in [0.25, 0.3) is 0 Å². The highest BCUT2D eigenvalue weighted by molar-refractivity contribution is 4.70. The minimum atomic E-state index is 0.920. The van der Waals surface area contributed by atoms with Gasteiger partial charge in [0.15, 0.2) is 0 Å². The van der Waals surface area contributed by atoms with Crippen LogP contribution < -0.4 is 0 Å². The van der Waals surface area contributed by atoms with Gasteiger partial charge in [0.05, 0.1) is 26.7 Å². The van der Waals surface area contributed by atoms with E-state index >= 15 is 0 Å². The molecule has 1 aliphatic heterocycles. The molecule has 2 unspecified atom stereocenters. The molecule has 0 aromatic carbocycles. The molecule has 0 aromatic rings. The Morgan fingerprint density at radius 2 is 1.83 bits per heavy atom. The third-order valence-electron chi connectivity index (χ3n) is 3.76. The van der Waals surface area contributed by atoms with Gasteiger partial charge in [-0.2, -0.15) is 0 Å². The van der Waals surface area contributed by atoms with E-state index in [1.807, 2.05) is 0 Å². The molecule has 12 heavy (non-hydrogen) atoms. The Balaban J connectivity index is 2.54. The van der Waals surface area contributed by atoms with Gasteiger partial charge in [-0.1, -0.05) is 20.3 Å². The maximum absolute atomic E-state index is 2.39. The van der Waals surface area contributed by atoms with Gasteiger partial charge in [0, 0.05) is 6.42 Å². The predicted molar refractivity (Wildman–Crippen MR) is 54.1 cm³/mol. The molecule has 1 heterocycles. The van der Waals surface area contributed by atoms with E-state index in [4.69, 9.17) is 0 Å². The van der Waals surface area contributed by atoms with Crippen LogP contribution in [0.25, 0.3) is 0 Å². The fourth-order valence-electron chi connectivity index (χ4n) is 2.52. The van der Waals surface area contributed by atoms with Crippen molar-refractivity contribution in [2.24, 2.45) is 5.92 Å². The first kappa shape index (κ1) is 10.0. The topological polar surface area (TPSA) is 0 Å². The highest BCUT2D eigenvalue weighted by atomic mass is 15.3. The van der Waals surface area contributed by atoms with Crippen molar-refractivity contribution in [1.82, 2.24) is 0 Å². The lowest BCUT2D eigenvalue weighted by Crippen LogP contribution is -2.53. The number of nitrogens with zero attached hydrogens (tertiary/aromatic N) is 1. The Bertz CT molecular complexity index is 140. The fourth-order valence-corrected chi connectivity index (χ4v) is 2.52. The third kappa shape index (κ3) is 2.01. The van der Waals surface area contributed by atoms with Crippen molar-refractivity contribution in [3.05, 3.63) is 0 Å². The van der Waals surface area contributed by atoms with E-state index in [0.29, 0.717) is 0 Å². The summed E-state index contributed by atoms with van der Waals surface area (Å²) >= 11 is 0. The van der Waals surface area contributed by atoms with E-state index in [0.717, 1.165) is 12.0 Å². The van der Waals surface area contributed by atoms with Crippen LogP contribution in [0.4, 0.5) is 0 Å². The second-order valence-corrected chi connectivity index (χ2v) is 4.86. The summed E-state index contributed by atoms with van der Waals surface area (Å²) in [5.74, 6) is 1.01. The Morgan fingerprint density at radius 1 is 1.17 bits per heavy atom. The second kappa shape index (κ2) is 3.78. The number of hydrogen-bond donors (Lipinski definition) is 0. The van der Waals surface area contributed by atoms with Crippen LogP contribution in [0.15, 0.2) is 0 Å². The van der Waals surface area contributed by atoms with E-state index in [1.165, 1.54) is 36.7 Å². The van der Waals surface area contributed by atoms with Crippen molar-refractivity contribution in [2.45, 2.75) is 45.6 Å². The molecule has 72 valence electrons. The molecule has 1 rings (SSSR count). The molecule has 0 aliphatic carbocycles. The van der Waals surface area contributed by atoms with Gasteiger partial charge in [0.1, 0.15) is 0 Å². The standard InChI is InChI=1S/C11H24N/c1-5-10-7-8-12(3,4)11(6-2)9-10/h10-11H,5-9H2,1-4H3/q+1. The molecule has 0 aromatic heterocycles. The third-order valence-corrected chi connectivity index (χ3v) is 3.76. The molecule has 0 radical (unpaired) electrons. The average Bonchev–Trinajstić information content (AvgIpc) is 2.04. The van der Waals surface area contributed by atoms with Gasteiger partial charge in [-0.15, -0.1) is 0 Å². The van der Waals surface area contributed by atoms with Gasteiger partial charge in [-0.05, 0) is 18.8 Å². The molecule has 1 fully saturated rings. The van der Waals surface area contributed by atoms with E-state index in [-0.39, 0.29) is 0 Å². The maximum atomic E-state index is 2.39. The molecule has 0 bridgehead atoms. The average molecular weight is 170 g/mol. The van der Waals surface area contributed by atoms with Gasteiger partial charge >= 0.3 is 0 Å². The molecule has 0 saturated carbocycles. The number of rotatable bonds is 2. The summed E-state index contributed by atoms with van der Waals surface area (Å²) in [5.41, 5.74) is 0. The number of quaternary nitrogens is 1. The lowest BCUT2D eigenvalue weighted by Gasteiger charge is -2.44. The first-order chi connectivity index (χ1) is 5.60. The summed E-state index contributed by atoms with van der Waals surface area (Å²) in [6, 6.07) is 0.920. The van der Waals surface area contributed by atoms with Gasteiger partial charge < -0.3 is 4.48 Å². The lowest BCUT2D eigenvalue weighted by atomic mass is 9.86. The Labute approximate surface area is 77.4 Å². The van der Waals surface area contributed by atoms with Crippen LogP contribution in [0.5, 0.6) is 0 Å². The Hall–Kier alpha value is -0.0400. The highest BCUT2D eigenvalue weighted by Crippen LogP contribution is 2.29. The zero-order valence-electron chi connectivity index (χ0n) is 9.14. The lowest BCUT2D eigenvalue weighted by molar-refractivity contribution is -0.921. The number of likely N-dealkylation sites (tertiary alicyclic amines) is 1. The first-order valence-electron chi connectivity index (χ1n) is 5.42. The quantitative estimate of drug-likeness (QED) is 0.559. The molecule has 1 nitrogen and oxygen atoms in total. The summed E-state index contributed by atoms with van der Waals surface area (Å²) in [6.45, 7) is 6.06. The van der Waals surface area contributed by atoms with Crippen molar-refractivity contribution in [1.29, 1.82) is 0 Å². The molecule has 0 N–H and O–H groups in total. The Morgan fingerprint density at radius 3 is 2.33 bits per heavy atom. The molecular weight excluding hydrogens is 146 g/mol. The van der Waals surface area contributed by atoms with Crippen molar-refractivity contribution in [3.8, 4) is 0 Å². The molecule has 1 aliphatic rings.